The molecule has 0 fully saturated rings. The summed E-state index contributed by atoms with van der Waals surface area (Å²) < 4.78 is 2.13. The Balaban J connectivity index is 1.77. The van der Waals surface area contributed by atoms with Crippen molar-refractivity contribution in [2.75, 3.05) is 11.4 Å². The summed E-state index contributed by atoms with van der Waals surface area (Å²) in [6.07, 6.45) is 5.79. The Morgan fingerprint density at radius 2 is 2.09 bits per heavy atom. The number of carbonyl (C=O) groups is 1. The van der Waals surface area contributed by atoms with Crippen LogP contribution in [0.5, 0.6) is 0 Å². The van der Waals surface area contributed by atoms with Crippen LogP contribution in [0.1, 0.15) is 38.3 Å². The topological polar surface area (TPSA) is 75.9 Å². The van der Waals surface area contributed by atoms with Gasteiger partial charge in [-0.3, -0.25) is 4.79 Å². The average Bonchev–Trinajstić information content (AvgIpc) is 2.91. The Hall–Kier alpha value is -2.44. The van der Waals surface area contributed by atoms with Crippen LogP contribution < -0.4 is 10.2 Å². The molecule has 0 aromatic carbocycles. The number of nitrogens with zero attached hydrogens (tertiary/aromatic N) is 5. The third kappa shape index (κ3) is 3.33. The van der Waals surface area contributed by atoms with Gasteiger partial charge >= 0.3 is 0 Å². The first kappa shape index (κ1) is 15.5. The zero-order chi connectivity index (χ0) is 16.4. The van der Waals surface area contributed by atoms with Crippen molar-refractivity contribution in [3.63, 3.8) is 0 Å². The second-order valence-corrected chi connectivity index (χ2v) is 6.10. The number of aromatic nitrogens is 4. The van der Waals surface area contributed by atoms with Gasteiger partial charge in [0.1, 0.15) is 5.82 Å². The van der Waals surface area contributed by atoms with E-state index in [9.17, 15) is 4.79 Å². The van der Waals surface area contributed by atoms with Crippen LogP contribution in [-0.4, -0.2) is 38.0 Å². The number of rotatable bonds is 4. The van der Waals surface area contributed by atoms with Gasteiger partial charge in [-0.1, -0.05) is 0 Å². The van der Waals surface area contributed by atoms with Gasteiger partial charge in [-0.15, -0.1) is 0 Å². The first-order valence-electron chi connectivity index (χ1n) is 7.93. The van der Waals surface area contributed by atoms with Gasteiger partial charge in [0.25, 0.3) is 0 Å². The summed E-state index contributed by atoms with van der Waals surface area (Å²) in [6, 6.07) is 2.03. The second-order valence-electron chi connectivity index (χ2n) is 6.10. The van der Waals surface area contributed by atoms with Crippen LogP contribution in [0.4, 0.5) is 5.95 Å². The third-order valence-electron chi connectivity index (χ3n) is 3.88. The van der Waals surface area contributed by atoms with Crippen LogP contribution in [-0.2, 0) is 17.8 Å². The molecule has 1 N–H and O–H groups in total. The molecule has 0 bridgehead atoms. The Morgan fingerprint density at radius 1 is 1.35 bits per heavy atom. The summed E-state index contributed by atoms with van der Waals surface area (Å²) in [5.74, 6) is 1.68. The van der Waals surface area contributed by atoms with E-state index in [1.165, 1.54) is 0 Å². The minimum Gasteiger partial charge on any atom is -0.354 e. The highest BCUT2D eigenvalue weighted by molar-refractivity contribution is 5.78. The third-order valence-corrected chi connectivity index (χ3v) is 3.88. The van der Waals surface area contributed by atoms with E-state index in [1.54, 1.807) is 12.4 Å². The monoisotopic (exact) mass is 314 g/mol. The van der Waals surface area contributed by atoms with Gasteiger partial charge in [0.15, 0.2) is 0 Å². The SMILES string of the molecule is CC(C)NC(=O)Cc1cn2c(n1)[C@@H](C)N(c1ncccn1)CC2. The van der Waals surface area contributed by atoms with Gasteiger partial charge in [0.05, 0.1) is 18.2 Å². The minimum absolute atomic E-state index is 0.00588. The molecule has 2 aromatic heterocycles. The summed E-state index contributed by atoms with van der Waals surface area (Å²) in [6.45, 7) is 7.64. The normalized spacial score (nSPS) is 17.2. The lowest BCUT2D eigenvalue weighted by atomic mass is 10.2. The van der Waals surface area contributed by atoms with E-state index in [-0.39, 0.29) is 18.0 Å². The van der Waals surface area contributed by atoms with Gasteiger partial charge in [0, 0.05) is 37.7 Å². The maximum atomic E-state index is 11.9. The molecule has 0 saturated heterocycles. The van der Waals surface area contributed by atoms with Crippen molar-refractivity contribution in [3.8, 4) is 0 Å². The van der Waals surface area contributed by atoms with Crippen LogP contribution >= 0.6 is 0 Å². The summed E-state index contributed by atoms with van der Waals surface area (Å²) >= 11 is 0. The van der Waals surface area contributed by atoms with Crippen LogP contribution in [0, 0.1) is 0 Å². The molecule has 1 aliphatic rings. The average molecular weight is 314 g/mol. The van der Waals surface area contributed by atoms with Crippen LogP contribution in [0.2, 0.25) is 0 Å². The smallest absolute Gasteiger partial charge is 0.226 e. The lowest BCUT2D eigenvalue weighted by molar-refractivity contribution is -0.120. The maximum Gasteiger partial charge on any atom is 0.226 e. The Labute approximate surface area is 135 Å². The maximum absolute atomic E-state index is 11.9. The molecule has 1 aliphatic heterocycles. The number of nitrogens with one attached hydrogen (secondary N) is 1. The molecule has 0 spiro atoms. The Bertz CT molecular complexity index is 681. The van der Waals surface area contributed by atoms with Crippen molar-refractivity contribution < 1.29 is 4.79 Å². The van der Waals surface area contributed by atoms with Crippen molar-refractivity contribution in [2.24, 2.45) is 0 Å². The fourth-order valence-corrected chi connectivity index (χ4v) is 2.88. The summed E-state index contributed by atoms with van der Waals surface area (Å²) in [5, 5.41) is 2.90. The Morgan fingerprint density at radius 3 is 2.78 bits per heavy atom. The fourth-order valence-electron chi connectivity index (χ4n) is 2.88. The molecule has 0 saturated carbocycles. The number of hydrogen-bond acceptors (Lipinski definition) is 5. The quantitative estimate of drug-likeness (QED) is 0.921. The van der Waals surface area contributed by atoms with Crippen molar-refractivity contribution in [3.05, 3.63) is 36.2 Å². The van der Waals surface area contributed by atoms with Crippen molar-refractivity contribution >= 4 is 11.9 Å². The first-order valence-corrected chi connectivity index (χ1v) is 7.93. The highest BCUT2D eigenvalue weighted by Crippen LogP contribution is 2.27. The highest BCUT2D eigenvalue weighted by atomic mass is 16.1. The number of carbonyl (C=O) groups excluding carboxylic acids is 1. The summed E-state index contributed by atoms with van der Waals surface area (Å²) in [7, 11) is 0. The summed E-state index contributed by atoms with van der Waals surface area (Å²) in [5.41, 5.74) is 0.806. The molecule has 1 atom stereocenters. The molecule has 0 unspecified atom stereocenters. The van der Waals surface area contributed by atoms with Crippen LogP contribution in [0.25, 0.3) is 0 Å². The minimum atomic E-state index is 0.00588. The predicted molar refractivity (Wildman–Crippen MR) is 87.0 cm³/mol. The standard InChI is InChI=1S/C16H22N6O/c1-11(2)19-14(23)9-13-10-21-7-8-22(12(3)15(21)20-13)16-17-5-4-6-18-16/h4-6,10-12H,7-9H2,1-3H3,(H,19,23)/t12-/m1/s1. The van der Waals surface area contributed by atoms with E-state index in [0.717, 1.165) is 24.6 Å². The molecular weight excluding hydrogens is 292 g/mol. The molecule has 122 valence electrons. The van der Waals surface area contributed by atoms with Gasteiger partial charge in [0.2, 0.25) is 11.9 Å². The van der Waals surface area contributed by atoms with E-state index in [0.29, 0.717) is 12.4 Å². The molecular formula is C16H22N6O. The summed E-state index contributed by atoms with van der Waals surface area (Å²) in [4.78, 5) is 27.4. The van der Waals surface area contributed by atoms with E-state index in [2.05, 4.69) is 36.7 Å². The molecule has 7 nitrogen and oxygen atoms in total. The van der Waals surface area contributed by atoms with E-state index in [4.69, 9.17) is 0 Å². The van der Waals surface area contributed by atoms with Gasteiger partial charge in [-0.25, -0.2) is 15.0 Å². The molecule has 0 aliphatic carbocycles. The zero-order valence-corrected chi connectivity index (χ0v) is 13.7. The van der Waals surface area contributed by atoms with Gasteiger partial charge in [-0.2, -0.15) is 0 Å². The lowest BCUT2D eigenvalue weighted by Gasteiger charge is -2.33. The van der Waals surface area contributed by atoms with Crippen molar-refractivity contribution in [2.45, 2.75) is 45.8 Å². The molecule has 0 radical (unpaired) electrons. The molecule has 3 rings (SSSR count). The van der Waals surface area contributed by atoms with E-state index in [1.807, 2.05) is 26.1 Å². The lowest BCUT2D eigenvalue weighted by Crippen LogP contribution is -2.37. The van der Waals surface area contributed by atoms with Crippen molar-refractivity contribution in [1.82, 2.24) is 24.8 Å². The molecule has 1 amide bonds. The number of anilines is 1. The van der Waals surface area contributed by atoms with Gasteiger partial charge in [-0.05, 0) is 26.8 Å². The molecule has 2 aromatic rings. The second kappa shape index (κ2) is 6.36. The van der Waals surface area contributed by atoms with Crippen LogP contribution in [0.3, 0.4) is 0 Å². The van der Waals surface area contributed by atoms with Crippen molar-refractivity contribution in [1.29, 1.82) is 0 Å². The highest BCUT2D eigenvalue weighted by Gasteiger charge is 2.28. The predicted octanol–water partition coefficient (Wildman–Crippen LogP) is 1.32. The van der Waals surface area contributed by atoms with Crippen LogP contribution in [0.15, 0.2) is 24.7 Å². The molecule has 7 heteroatoms. The van der Waals surface area contributed by atoms with E-state index < -0.39 is 0 Å². The number of amides is 1. The largest absolute Gasteiger partial charge is 0.354 e. The van der Waals surface area contributed by atoms with Gasteiger partial charge < -0.3 is 14.8 Å². The first-order chi connectivity index (χ1) is 11.0. The van der Waals surface area contributed by atoms with E-state index >= 15 is 0 Å². The number of fused-ring (bicyclic) bond motifs is 1. The Kier molecular flexibility index (Phi) is 4.27. The molecule has 23 heavy (non-hydrogen) atoms. The number of hydrogen-bond donors (Lipinski definition) is 1. The zero-order valence-electron chi connectivity index (χ0n) is 13.7. The molecule has 3 heterocycles. The fraction of sp³-hybridized carbons (Fsp3) is 0.500. The number of imidazole rings is 1.